The van der Waals surface area contributed by atoms with Crippen LogP contribution in [0.5, 0.6) is 0 Å². The molecule has 0 amide bonds. The SMILES string of the molecule is O=S1(=O)C2CCC1CC(O)(CCc1cccc(C(F)(F)F)c1)C2. The van der Waals surface area contributed by atoms with Gasteiger partial charge in [0.05, 0.1) is 21.7 Å². The largest absolute Gasteiger partial charge is 0.416 e. The number of alkyl halides is 3. The monoisotopic (exact) mass is 348 g/mol. The molecule has 1 aromatic rings. The quantitative estimate of drug-likeness (QED) is 0.913. The molecule has 0 spiro atoms. The highest BCUT2D eigenvalue weighted by atomic mass is 32.2. The van der Waals surface area contributed by atoms with Crippen LogP contribution in [-0.4, -0.2) is 29.6 Å². The number of fused-ring (bicyclic) bond motifs is 2. The summed E-state index contributed by atoms with van der Waals surface area (Å²) in [6.07, 6.45) is -2.23. The summed E-state index contributed by atoms with van der Waals surface area (Å²) in [6, 6.07) is 5.08. The molecular formula is C16H19F3O3S. The Morgan fingerprint density at radius 1 is 1.17 bits per heavy atom. The van der Waals surface area contributed by atoms with Crippen molar-refractivity contribution in [1.82, 2.24) is 0 Å². The minimum atomic E-state index is -4.38. The third-order valence-electron chi connectivity index (χ3n) is 5.09. The lowest BCUT2D eigenvalue weighted by molar-refractivity contribution is -0.137. The van der Waals surface area contributed by atoms with Crippen molar-refractivity contribution >= 4 is 9.84 Å². The van der Waals surface area contributed by atoms with Gasteiger partial charge in [-0.2, -0.15) is 13.2 Å². The van der Waals surface area contributed by atoms with E-state index >= 15 is 0 Å². The van der Waals surface area contributed by atoms with Crippen LogP contribution in [0.15, 0.2) is 24.3 Å². The molecule has 2 fully saturated rings. The molecular weight excluding hydrogens is 329 g/mol. The van der Waals surface area contributed by atoms with Gasteiger partial charge in [0, 0.05) is 0 Å². The average molecular weight is 348 g/mol. The minimum absolute atomic E-state index is 0.199. The van der Waals surface area contributed by atoms with Gasteiger partial charge in [-0.3, -0.25) is 0 Å². The summed E-state index contributed by atoms with van der Waals surface area (Å²) in [7, 11) is -3.12. The van der Waals surface area contributed by atoms with Crippen LogP contribution in [-0.2, 0) is 22.4 Å². The zero-order valence-corrected chi connectivity index (χ0v) is 13.3. The van der Waals surface area contributed by atoms with Gasteiger partial charge in [0.15, 0.2) is 9.84 Å². The summed E-state index contributed by atoms with van der Waals surface area (Å²) in [5, 5.41) is 9.70. The second-order valence-corrected chi connectivity index (χ2v) is 9.25. The molecule has 1 N–H and O–H groups in total. The molecule has 0 saturated carbocycles. The maximum absolute atomic E-state index is 12.7. The van der Waals surface area contributed by atoms with Crippen molar-refractivity contribution in [2.75, 3.05) is 0 Å². The van der Waals surface area contributed by atoms with E-state index in [4.69, 9.17) is 0 Å². The number of halogens is 3. The lowest BCUT2D eigenvalue weighted by Gasteiger charge is -2.36. The van der Waals surface area contributed by atoms with Crippen molar-refractivity contribution in [1.29, 1.82) is 0 Å². The zero-order valence-electron chi connectivity index (χ0n) is 12.5. The Bertz CT molecular complexity index is 677. The van der Waals surface area contributed by atoms with Crippen molar-refractivity contribution in [3.05, 3.63) is 35.4 Å². The standard InChI is InChI=1S/C16H19F3O3S/c17-16(18,19)12-3-1-2-11(8-12)6-7-15(20)9-13-4-5-14(10-15)23(13,21)22/h1-3,8,13-14,20H,4-7,9-10H2. The first-order valence-corrected chi connectivity index (χ1v) is 9.32. The Morgan fingerprint density at radius 2 is 1.78 bits per heavy atom. The number of aryl methyl sites for hydroxylation is 1. The number of sulfone groups is 1. The number of hydrogen-bond donors (Lipinski definition) is 1. The maximum atomic E-state index is 12.7. The summed E-state index contributed by atoms with van der Waals surface area (Å²) >= 11 is 0. The molecule has 0 aromatic heterocycles. The van der Waals surface area contributed by atoms with Crippen LogP contribution in [0.4, 0.5) is 13.2 Å². The fourth-order valence-corrected chi connectivity index (χ4v) is 6.38. The van der Waals surface area contributed by atoms with Crippen LogP contribution in [0, 0.1) is 0 Å². The molecule has 2 aliphatic rings. The van der Waals surface area contributed by atoms with Crippen molar-refractivity contribution in [3.8, 4) is 0 Å². The van der Waals surface area contributed by atoms with Gasteiger partial charge in [-0.25, -0.2) is 8.42 Å². The number of hydrogen-bond acceptors (Lipinski definition) is 3. The van der Waals surface area contributed by atoms with Gasteiger partial charge in [-0.15, -0.1) is 0 Å². The number of aliphatic hydroxyl groups is 1. The molecule has 2 saturated heterocycles. The van der Waals surface area contributed by atoms with Crippen molar-refractivity contribution in [2.24, 2.45) is 0 Å². The minimum Gasteiger partial charge on any atom is -0.390 e. The molecule has 0 radical (unpaired) electrons. The molecule has 128 valence electrons. The second kappa shape index (κ2) is 5.48. The summed E-state index contributed by atoms with van der Waals surface area (Å²) in [5.41, 5.74) is -1.28. The van der Waals surface area contributed by atoms with Crippen LogP contribution in [0.1, 0.15) is 43.2 Å². The first kappa shape index (κ1) is 16.8. The highest BCUT2D eigenvalue weighted by molar-refractivity contribution is 7.93. The van der Waals surface area contributed by atoms with E-state index in [0.29, 0.717) is 24.8 Å². The summed E-state index contributed by atoms with van der Waals surface area (Å²) in [6.45, 7) is 0. The molecule has 2 bridgehead atoms. The van der Waals surface area contributed by atoms with Gasteiger partial charge in [-0.1, -0.05) is 18.2 Å². The van der Waals surface area contributed by atoms with E-state index in [-0.39, 0.29) is 19.3 Å². The molecule has 2 unspecified atom stereocenters. The third kappa shape index (κ3) is 3.26. The molecule has 3 nitrogen and oxygen atoms in total. The Hall–Kier alpha value is -1.08. The Labute approximate surface area is 133 Å². The van der Waals surface area contributed by atoms with E-state index in [1.54, 1.807) is 6.07 Å². The van der Waals surface area contributed by atoms with Crippen molar-refractivity contribution in [3.63, 3.8) is 0 Å². The van der Waals surface area contributed by atoms with Crippen LogP contribution in [0.2, 0.25) is 0 Å². The topological polar surface area (TPSA) is 54.4 Å². The Kier molecular flexibility index (Phi) is 3.99. The van der Waals surface area contributed by atoms with E-state index in [9.17, 15) is 26.7 Å². The van der Waals surface area contributed by atoms with E-state index in [0.717, 1.165) is 12.1 Å². The lowest BCUT2D eigenvalue weighted by Crippen LogP contribution is -2.45. The van der Waals surface area contributed by atoms with Crippen LogP contribution >= 0.6 is 0 Å². The van der Waals surface area contributed by atoms with Gasteiger partial charge < -0.3 is 5.11 Å². The van der Waals surface area contributed by atoms with Crippen LogP contribution < -0.4 is 0 Å². The van der Waals surface area contributed by atoms with E-state index in [1.807, 2.05) is 0 Å². The first-order chi connectivity index (χ1) is 10.6. The van der Waals surface area contributed by atoms with Gasteiger partial charge in [0.1, 0.15) is 0 Å². The first-order valence-electron chi connectivity index (χ1n) is 7.71. The highest BCUT2D eigenvalue weighted by Gasteiger charge is 2.52. The summed E-state index contributed by atoms with van der Waals surface area (Å²) < 4.78 is 62.3. The van der Waals surface area contributed by atoms with Gasteiger partial charge in [-0.05, 0) is 50.2 Å². The zero-order chi connectivity index (χ0) is 16.9. The van der Waals surface area contributed by atoms with Crippen molar-refractivity contribution in [2.45, 2.75) is 60.8 Å². The molecule has 1 aromatic carbocycles. The third-order valence-corrected chi connectivity index (χ3v) is 7.75. The van der Waals surface area contributed by atoms with Crippen LogP contribution in [0.25, 0.3) is 0 Å². The fourth-order valence-electron chi connectivity index (χ4n) is 3.82. The molecule has 7 heteroatoms. The molecule has 2 atom stereocenters. The Morgan fingerprint density at radius 3 is 2.35 bits per heavy atom. The fraction of sp³-hybridized carbons (Fsp3) is 0.625. The number of rotatable bonds is 3. The van der Waals surface area contributed by atoms with Gasteiger partial charge in [0.25, 0.3) is 0 Å². The normalized spacial score (nSPS) is 32.9. The molecule has 3 rings (SSSR count). The molecule has 0 aliphatic carbocycles. The molecule has 2 heterocycles. The second-order valence-electron chi connectivity index (χ2n) is 6.74. The van der Waals surface area contributed by atoms with E-state index in [1.165, 1.54) is 6.07 Å². The molecule has 2 aliphatic heterocycles. The summed E-state index contributed by atoms with van der Waals surface area (Å²) in [5.74, 6) is 0. The molecule has 23 heavy (non-hydrogen) atoms. The smallest absolute Gasteiger partial charge is 0.390 e. The average Bonchev–Trinajstić information content (AvgIpc) is 2.64. The van der Waals surface area contributed by atoms with Gasteiger partial charge >= 0.3 is 6.18 Å². The van der Waals surface area contributed by atoms with Gasteiger partial charge in [0.2, 0.25) is 0 Å². The van der Waals surface area contributed by atoms with Crippen LogP contribution in [0.3, 0.4) is 0 Å². The maximum Gasteiger partial charge on any atom is 0.416 e. The highest BCUT2D eigenvalue weighted by Crippen LogP contribution is 2.44. The lowest BCUT2D eigenvalue weighted by atomic mass is 9.87. The predicted octanol–water partition coefficient (Wildman–Crippen LogP) is 3.11. The summed E-state index contributed by atoms with van der Waals surface area (Å²) in [4.78, 5) is 0. The van der Waals surface area contributed by atoms with E-state index < -0.39 is 37.7 Å². The van der Waals surface area contributed by atoms with Crippen molar-refractivity contribution < 1.29 is 26.7 Å². The Balaban J connectivity index is 1.70. The van der Waals surface area contributed by atoms with E-state index in [2.05, 4.69) is 0 Å². The number of benzene rings is 1. The predicted molar refractivity (Wildman–Crippen MR) is 79.7 cm³/mol.